The summed E-state index contributed by atoms with van der Waals surface area (Å²) >= 11 is 0. The molecule has 1 aromatic heterocycles. The molecule has 1 N–H and O–H groups in total. The molecule has 2 aromatic rings. The quantitative estimate of drug-likeness (QED) is 0.849. The zero-order chi connectivity index (χ0) is 11.4. The number of aliphatic hydroxyl groups excluding tert-OH is 1. The van der Waals surface area contributed by atoms with E-state index in [1.807, 2.05) is 18.2 Å². The first-order valence-corrected chi connectivity index (χ1v) is 5.29. The minimum Gasteiger partial charge on any atom is -0.396 e. The van der Waals surface area contributed by atoms with Crippen molar-refractivity contribution >= 4 is 0 Å². The maximum atomic E-state index is 8.84. The Balaban J connectivity index is 2.32. The van der Waals surface area contributed by atoms with Gasteiger partial charge in [-0.3, -0.25) is 0 Å². The lowest BCUT2D eigenvalue weighted by Crippen LogP contribution is -1.99. The summed E-state index contributed by atoms with van der Waals surface area (Å²) in [5, 5.41) is 8.84. The molecule has 0 aliphatic rings. The highest BCUT2D eigenvalue weighted by Gasteiger charge is 2.01. The third kappa shape index (κ3) is 2.44. The highest BCUT2D eigenvalue weighted by atomic mass is 16.3. The van der Waals surface area contributed by atoms with E-state index in [1.54, 1.807) is 6.20 Å². The molecule has 0 aliphatic carbocycles. The lowest BCUT2D eigenvalue weighted by atomic mass is 10.1. The lowest BCUT2D eigenvalue weighted by Gasteiger charge is -2.03. The molecule has 0 spiro atoms. The van der Waals surface area contributed by atoms with Gasteiger partial charge >= 0.3 is 0 Å². The molecule has 0 aliphatic heterocycles. The lowest BCUT2D eigenvalue weighted by molar-refractivity contribution is 0.296. The molecular formula is C13H14N2O. The number of rotatable bonds is 3. The number of aliphatic hydroxyl groups is 1. The molecule has 16 heavy (non-hydrogen) atoms. The van der Waals surface area contributed by atoms with Crippen LogP contribution in [0.5, 0.6) is 0 Å². The molecule has 0 bridgehead atoms. The van der Waals surface area contributed by atoms with Crippen LogP contribution in [0.25, 0.3) is 11.3 Å². The van der Waals surface area contributed by atoms with Crippen molar-refractivity contribution in [3.05, 3.63) is 47.9 Å². The average Bonchev–Trinajstić information content (AvgIpc) is 2.31. The van der Waals surface area contributed by atoms with Crippen LogP contribution in [-0.2, 0) is 6.42 Å². The van der Waals surface area contributed by atoms with E-state index in [-0.39, 0.29) is 6.61 Å². The Labute approximate surface area is 94.8 Å². The molecule has 3 heteroatoms. The molecule has 2 rings (SSSR count). The van der Waals surface area contributed by atoms with Gasteiger partial charge in [-0.05, 0) is 13.0 Å². The van der Waals surface area contributed by atoms with Crippen molar-refractivity contribution in [1.29, 1.82) is 0 Å². The van der Waals surface area contributed by atoms with Gasteiger partial charge in [-0.25, -0.2) is 9.97 Å². The SMILES string of the molecule is Cc1ccc(-c2ccnc(CCO)n2)cc1. The Kier molecular flexibility index (Phi) is 3.27. The van der Waals surface area contributed by atoms with Gasteiger partial charge in [-0.2, -0.15) is 0 Å². The number of benzene rings is 1. The monoisotopic (exact) mass is 214 g/mol. The summed E-state index contributed by atoms with van der Waals surface area (Å²) in [6, 6.07) is 10.1. The highest BCUT2D eigenvalue weighted by molar-refractivity contribution is 5.58. The van der Waals surface area contributed by atoms with Crippen LogP contribution in [0, 0.1) is 6.92 Å². The Morgan fingerprint density at radius 2 is 1.88 bits per heavy atom. The van der Waals surface area contributed by atoms with Gasteiger partial charge in [0, 0.05) is 18.2 Å². The Morgan fingerprint density at radius 3 is 2.56 bits per heavy atom. The summed E-state index contributed by atoms with van der Waals surface area (Å²) in [5.74, 6) is 0.681. The van der Waals surface area contributed by atoms with Crippen molar-refractivity contribution < 1.29 is 5.11 Å². The maximum absolute atomic E-state index is 8.84. The van der Waals surface area contributed by atoms with E-state index in [0.717, 1.165) is 11.3 Å². The summed E-state index contributed by atoms with van der Waals surface area (Å²) in [7, 11) is 0. The van der Waals surface area contributed by atoms with Gasteiger partial charge in [-0.1, -0.05) is 29.8 Å². The fourth-order valence-electron chi connectivity index (χ4n) is 1.50. The fraction of sp³-hybridized carbons (Fsp3) is 0.231. The van der Waals surface area contributed by atoms with Gasteiger partial charge in [0.25, 0.3) is 0 Å². The van der Waals surface area contributed by atoms with Crippen molar-refractivity contribution in [2.75, 3.05) is 6.61 Å². The predicted octanol–water partition coefficient (Wildman–Crippen LogP) is 1.99. The first-order chi connectivity index (χ1) is 7.79. The standard InChI is InChI=1S/C13H14N2O/c1-10-2-4-11(5-3-10)12-6-8-14-13(15-12)7-9-16/h2-6,8,16H,7,9H2,1H3. The summed E-state index contributed by atoms with van der Waals surface area (Å²) < 4.78 is 0. The number of nitrogens with zero attached hydrogens (tertiary/aromatic N) is 2. The van der Waals surface area contributed by atoms with Crippen molar-refractivity contribution in [3.8, 4) is 11.3 Å². The summed E-state index contributed by atoms with van der Waals surface area (Å²) in [4.78, 5) is 8.49. The number of hydrogen-bond donors (Lipinski definition) is 1. The Bertz CT molecular complexity index is 466. The topological polar surface area (TPSA) is 46.0 Å². The van der Waals surface area contributed by atoms with Crippen molar-refractivity contribution in [3.63, 3.8) is 0 Å². The van der Waals surface area contributed by atoms with Crippen LogP contribution in [0.1, 0.15) is 11.4 Å². The van der Waals surface area contributed by atoms with Crippen LogP contribution in [-0.4, -0.2) is 21.7 Å². The third-order valence-electron chi connectivity index (χ3n) is 2.39. The van der Waals surface area contributed by atoms with Crippen LogP contribution < -0.4 is 0 Å². The van der Waals surface area contributed by atoms with Gasteiger partial charge in [0.2, 0.25) is 0 Å². The molecule has 0 radical (unpaired) electrons. The number of hydrogen-bond acceptors (Lipinski definition) is 3. The molecule has 82 valence electrons. The van der Waals surface area contributed by atoms with E-state index in [1.165, 1.54) is 5.56 Å². The Morgan fingerprint density at radius 1 is 1.12 bits per heavy atom. The molecule has 1 heterocycles. The minimum atomic E-state index is 0.0807. The third-order valence-corrected chi connectivity index (χ3v) is 2.39. The number of aromatic nitrogens is 2. The smallest absolute Gasteiger partial charge is 0.131 e. The summed E-state index contributed by atoms with van der Waals surface area (Å²) in [6.07, 6.45) is 2.23. The highest BCUT2D eigenvalue weighted by Crippen LogP contribution is 2.16. The first-order valence-electron chi connectivity index (χ1n) is 5.29. The molecule has 0 amide bonds. The first kappa shape index (κ1) is 10.8. The van der Waals surface area contributed by atoms with Crippen molar-refractivity contribution in [1.82, 2.24) is 9.97 Å². The largest absolute Gasteiger partial charge is 0.396 e. The maximum Gasteiger partial charge on any atom is 0.131 e. The second kappa shape index (κ2) is 4.86. The normalized spacial score (nSPS) is 10.4. The van der Waals surface area contributed by atoms with Crippen LogP contribution in [0.2, 0.25) is 0 Å². The number of aryl methyl sites for hydroxylation is 1. The van der Waals surface area contributed by atoms with Crippen LogP contribution in [0.4, 0.5) is 0 Å². The van der Waals surface area contributed by atoms with Gasteiger partial charge in [0.05, 0.1) is 12.3 Å². The van der Waals surface area contributed by atoms with E-state index in [9.17, 15) is 0 Å². The van der Waals surface area contributed by atoms with E-state index >= 15 is 0 Å². The minimum absolute atomic E-state index is 0.0807. The predicted molar refractivity (Wildman–Crippen MR) is 63.0 cm³/mol. The summed E-state index contributed by atoms with van der Waals surface area (Å²) in [5.41, 5.74) is 3.21. The zero-order valence-corrected chi connectivity index (χ0v) is 9.22. The summed E-state index contributed by atoms with van der Waals surface area (Å²) in [6.45, 7) is 2.14. The van der Waals surface area contributed by atoms with Crippen LogP contribution in [0.15, 0.2) is 36.5 Å². The fourth-order valence-corrected chi connectivity index (χ4v) is 1.50. The molecule has 0 saturated carbocycles. The van der Waals surface area contributed by atoms with Crippen LogP contribution in [0.3, 0.4) is 0 Å². The molecule has 0 unspecified atom stereocenters. The Hall–Kier alpha value is -1.74. The van der Waals surface area contributed by atoms with Crippen molar-refractivity contribution in [2.45, 2.75) is 13.3 Å². The van der Waals surface area contributed by atoms with E-state index in [2.05, 4.69) is 29.0 Å². The van der Waals surface area contributed by atoms with Gasteiger partial charge in [0.15, 0.2) is 0 Å². The van der Waals surface area contributed by atoms with E-state index in [0.29, 0.717) is 12.2 Å². The zero-order valence-electron chi connectivity index (χ0n) is 9.22. The van der Waals surface area contributed by atoms with Gasteiger partial charge in [-0.15, -0.1) is 0 Å². The molecule has 1 aromatic carbocycles. The van der Waals surface area contributed by atoms with E-state index in [4.69, 9.17) is 5.11 Å². The van der Waals surface area contributed by atoms with E-state index < -0.39 is 0 Å². The van der Waals surface area contributed by atoms with Crippen molar-refractivity contribution in [2.24, 2.45) is 0 Å². The molecule has 0 saturated heterocycles. The molecular weight excluding hydrogens is 200 g/mol. The van der Waals surface area contributed by atoms with Gasteiger partial charge in [0.1, 0.15) is 5.82 Å². The van der Waals surface area contributed by atoms with Gasteiger partial charge < -0.3 is 5.11 Å². The second-order valence-corrected chi connectivity index (χ2v) is 3.70. The molecule has 0 fully saturated rings. The molecule has 0 atom stereocenters. The average molecular weight is 214 g/mol. The van der Waals surface area contributed by atoms with Crippen LogP contribution >= 0.6 is 0 Å². The second-order valence-electron chi connectivity index (χ2n) is 3.70. The molecule has 3 nitrogen and oxygen atoms in total.